The average Bonchev–Trinajstić information content (AvgIpc) is 2.37. The number of ether oxygens (including phenoxy) is 1. The van der Waals surface area contributed by atoms with Crippen LogP contribution in [0, 0.1) is 5.82 Å². The zero-order valence-electron chi connectivity index (χ0n) is 10.0. The number of methoxy groups -OCH3 is 1. The van der Waals surface area contributed by atoms with Crippen molar-refractivity contribution in [1.29, 1.82) is 0 Å². The summed E-state index contributed by atoms with van der Waals surface area (Å²) in [7, 11) is 1.32. The quantitative estimate of drug-likeness (QED) is 0.453. The minimum Gasteiger partial charge on any atom is -0.469 e. The maximum Gasteiger partial charge on any atom is 0.305 e. The first kappa shape index (κ1) is 14.6. The molecule has 0 aliphatic heterocycles. The Morgan fingerprint density at radius 2 is 1.94 bits per heavy atom. The Morgan fingerprint density at radius 3 is 2.61 bits per heavy atom. The van der Waals surface area contributed by atoms with Crippen LogP contribution in [0.4, 0.5) is 4.39 Å². The maximum atomic E-state index is 13.1. The fourth-order valence-corrected chi connectivity index (χ4v) is 1.74. The summed E-state index contributed by atoms with van der Waals surface area (Å²) in [5.74, 6) is -1.12. The fourth-order valence-electron chi connectivity index (χ4n) is 1.51. The van der Waals surface area contributed by atoms with E-state index in [1.54, 1.807) is 0 Å². The lowest BCUT2D eigenvalue weighted by molar-refractivity contribution is -0.140. The van der Waals surface area contributed by atoms with Crippen molar-refractivity contribution < 1.29 is 18.7 Å². The summed E-state index contributed by atoms with van der Waals surface area (Å²) in [6.07, 6.45) is 1.62. The van der Waals surface area contributed by atoms with E-state index in [4.69, 9.17) is 11.6 Å². The molecule has 1 aromatic rings. The minimum atomic E-state index is -0.600. The molecule has 0 bridgehead atoms. The lowest BCUT2D eigenvalue weighted by atomic mass is 10.0. The van der Waals surface area contributed by atoms with Gasteiger partial charge in [0.15, 0.2) is 5.78 Å². The molecule has 0 atom stereocenters. The molecule has 0 saturated heterocycles. The van der Waals surface area contributed by atoms with E-state index in [0.717, 1.165) is 0 Å². The molecule has 3 nitrogen and oxygen atoms in total. The lowest BCUT2D eigenvalue weighted by Gasteiger charge is -2.04. The number of esters is 1. The molecule has 0 aliphatic rings. The number of ketones is 1. The van der Waals surface area contributed by atoms with E-state index in [1.807, 2.05) is 0 Å². The maximum absolute atomic E-state index is 13.1. The van der Waals surface area contributed by atoms with Crippen LogP contribution in [-0.2, 0) is 9.53 Å². The monoisotopic (exact) mass is 272 g/mol. The molecule has 0 aliphatic carbocycles. The van der Waals surface area contributed by atoms with Crippen LogP contribution in [0.2, 0.25) is 5.02 Å². The number of benzene rings is 1. The third-order valence-electron chi connectivity index (χ3n) is 2.51. The highest BCUT2D eigenvalue weighted by Crippen LogP contribution is 2.21. The van der Waals surface area contributed by atoms with Crippen molar-refractivity contribution in [3.8, 4) is 0 Å². The Labute approximate surface area is 110 Å². The summed E-state index contributed by atoms with van der Waals surface area (Å²) in [6, 6.07) is 4.15. The van der Waals surface area contributed by atoms with Crippen LogP contribution in [0.1, 0.15) is 36.0 Å². The summed E-state index contributed by atoms with van der Waals surface area (Å²) in [4.78, 5) is 22.6. The van der Waals surface area contributed by atoms with Crippen molar-refractivity contribution in [2.24, 2.45) is 0 Å². The zero-order valence-corrected chi connectivity index (χ0v) is 10.8. The number of carbonyl (C=O) groups excluding carboxylic acids is 2. The summed E-state index contributed by atoms with van der Waals surface area (Å²) < 4.78 is 17.6. The Morgan fingerprint density at radius 1 is 1.28 bits per heavy atom. The molecule has 1 rings (SSSR count). The van der Waals surface area contributed by atoms with Gasteiger partial charge in [-0.05, 0) is 25.0 Å². The van der Waals surface area contributed by atoms with Crippen molar-refractivity contribution in [2.45, 2.75) is 25.7 Å². The Bertz CT molecular complexity index is 446. The second-order valence-electron chi connectivity index (χ2n) is 3.81. The summed E-state index contributed by atoms with van der Waals surface area (Å²) >= 11 is 5.70. The van der Waals surface area contributed by atoms with Gasteiger partial charge in [-0.25, -0.2) is 4.39 Å². The van der Waals surface area contributed by atoms with Gasteiger partial charge >= 0.3 is 5.97 Å². The van der Waals surface area contributed by atoms with Crippen molar-refractivity contribution in [3.05, 3.63) is 34.6 Å². The molecule has 0 heterocycles. The normalized spacial score (nSPS) is 10.2. The number of Topliss-reactive ketones (excluding diaryl/α,β-unsaturated/α-hetero) is 1. The van der Waals surface area contributed by atoms with Gasteiger partial charge < -0.3 is 4.74 Å². The van der Waals surface area contributed by atoms with Crippen LogP contribution in [0.15, 0.2) is 18.2 Å². The van der Waals surface area contributed by atoms with Gasteiger partial charge in [0.1, 0.15) is 5.82 Å². The molecule has 98 valence electrons. The highest BCUT2D eigenvalue weighted by atomic mass is 35.5. The molecule has 0 spiro atoms. The number of rotatable bonds is 6. The van der Waals surface area contributed by atoms with E-state index in [9.17, 15) is 14.0 Å². The third kappa shape index (κ3) is 4.11. The van der Waals surface area contributed by atoms with Crippen molar-refractivity contribution >= 4 is 23.4 Å². The SMILES string of the molecule is COC(=O)CCCCC(=O)c1cccc(F)c1Cl. The van der Waals surface area contributed by atoms with E-state index >= 15 is 0 Å². The van der Waals surface area contributed by atoms with E-state index in [0.29, 0.717) is 12.8 Å². The highest BCUT2D eigenvalue weighted by Gasteiger charge is 2.13. The number of halogens is 2. The summed E-state index contributed by atoms with van der Waals surface area (Å²) in [5.41, 5.74) is 0.190. The van der Waals surface area contributed by atoms with Gasteiger partial charge in [0.05, 0.1) is 12.1 Å². The molecular formula is C13H14ClFO3. The van der Waals surface area contributed by atoms with Crippen molar-refractivity contribution in [1.82, 2.24) is 0 Å². The minimum absolute atomic E-state index is 0.143. The first-order valence-corrected chi connectivity index (χ1v) is 5.98. The number of carbonyl (C=O) groups is 2. The van der Waals surface area contributed by atoms with Crippen LogP contribution in [0.5, 0.6) is 0 Å². The van der Waals surface area contributed by atoms with Crippen LogP contribution in [-0.4, -0.2) is 18.9 Å². The van der Waals surface area contributed by atoms with Crippen LogP contribution < -0.4 is 0 Å². The third-order valence-corrected chi connectivity index (χ3v) is 2.90. The molecule has 0 radical (unpaired) electrons. The van der Waals surface area contributed by atoms with Gasteiger partial charge in [0.25, 0.3) is 0 Å². The van der Waals surface area contributed by atoms with Crippen molar-refractivity contribution in [2.75, 3.05) is 7.11 Å². The first-order chi connectivity index (χ1) is 8.56. The second-order valence-corrected chi connectivity index (χ2v) is 4.19. The van der Waals surface area contributed by atoms with Crippen LogP contribution >= 0.6 is 11.6 Å². The van der Waals surface area contributed by atoms with Gasteiger partial charge in [-0.15, -0.1) is 0 Å². The topological polar surface area (TPSA) is 43.4 Å². The molecule has 0 unspecified atom stereocenters. The van der Waals surface area contributed by atoms with Gasteiger partial charge in [0, 0.05) is 18.4 Å². The van der Waals surface area contributed by atoms with Gasteiger partial charge in [-0.2, -0.15) is 0 Å². The lowest BCUT2D eigenvalue weighted by Crippen LogP contribution is -2.03. The van der Waals surface area contributed by atoms with E-state index in [1.165, 1.54) is 25.3 Å². The van der Waals surface area contributed by atoms with Crippen LogP contribution in [0.3, 0.4) is 0 Å². The largest absolute Gasteiger partial charge is 0.469 e. The molecule has 1 aromatic carbocycles. The predicted molar refractivity (Wildman–Crippen MR) is 66.2 cm³/mol. The second kappa shape index (κ2) is 7.11. The van der Waals surface area contributed by atoms with E-state index < -0.39 is 5.82 Å². The van der Waals surface area contributed by atoms with Gasteiger partial charge in [-0.1, -0.05) is 17.7 Å². The molecule has 0 N–H and O–H groups in total. The van der Waals surface area contributed by atoms with E-state index in [2.05, 4.69) is 4.74 Å². The molecule has 0 amide bonds. The van der Waals surface area contributed by atoms with Crippen molar-refractivity contribution in [3.63, 3.8) is 0 Å². The molecule has 5 heteroatoms. The molecule has 0 fully saturated rings. The smallest absolute Gasteiger partial charge is 0.305 e. The Balaban J connectivity index is 2.46. The number of hydrogen-bond donors (Lipinski definition) is 0. The van der Waals surface area contributed by atoms with Gasteiger partial charge in [0.2, 0.25) is 0 Å². The summed E-state index contributed by atoms with van der Waals surface area (Å²) in [6.45, 7) is 0. The summed E-state index contributed by atoms with van der Waals surface area (Å²) in [5, 5.41) is -0.143. The number of unbranched alkanes of at least 4 members (excludes halogenated alkanes) is 1. The average molecular weight is 273 g/mol. The molecular weight excluding hydrogens is 259 g/mol. The van der Waals surface area contributed by atoms with E-state index in [-0.39, 0.29) is 35.2 Å². The molecule has 18 heavy (non-hydrogen) atoms. The molecule has 0 aromatic heterocycles. The Hall–Kier alpha value is -1.42. The molecule has 0 saturated carbocycles. The zero-order chi connectivity index (χ0) is 13.5. The standard InChI is InChI=1S/C13H14ClFO3/c1-18-12(17)8-3-2-7-11(16)9-5-4-6-10(15)13(9)14/h4-6H,2-3,7-8H2,1H3. The fraction of sp³-hybridized carbons (Fsp3) is 0.385. The Kier molecular flexibility index (Phi) is 5.78. The van der Waals surface area contributed by atoms with Gasteiger partial charge in [-0.3, -0.25) is 9.59 Å². The first-order valence-electron chi connectivity index (χ1n) is 5.60. The highest BCUT2D eigenvalue weighted by molar-refractivity contribution is 6.34. The van der Waals surface area contributed by atoms with Crippen LogP contribution in [0.25, 0.3) is 0 Å². The number of hydrogen-bond acceptors (Lipinski definition) is 3. The predicted octanol–water partition coefficient (Wildman–Crippen LogP) is 3.40.